The SMILES string of the molecule is COCCCN1CC2(CCC1=O)CCN(Cc1ccc(C)cc1OC)CC2. The predicted octanol–water partition coefficient (Wildman–Crippen LogP) is 3.24. The molecule has 0 aromatic heterocycles. The Balaban J connectivity index is 1.55. The highest BCUT2D eigenvalue weighted by molar-refractivity contribution is 5.77. The molecule has 5 nitrogen and oxygen atoms in total. The molecule has 5 heteroatoms. The van der Waals surface area contributed by atoms with Crippen LogP contribution in [0.2, 0.25) is 0 Å². The fourth-order valence-corrected chi connectivity index (χ4v) is 4.52. The van der Waals surface area contributed by atoms with Gasteiger partial charge in [0.15, 0.2) is 0 Å². The molecule has 0 radical (unpaired) electrons. The van der Waals surface area contributed by atoms with Crippen LogP contribution in [0.15, 0.2) is 18.2 Å². The predicted molar refractivity (Wildman–Crippen MR) is 107 cm³/mol. The van der Waals surface area contributed by atoms with E-state index in [9.17, 15) is 4.79 Å². The summed E-state index contributed by atoms with van der Waals surface area (Å²) in [6.45, 7) is 7.71. The topological polar surface area (TPSA) is 42.0 Å². The number of rotatable bonds is 7. The molecule has 0 N–H and O–H groups in total. The second-order valence-corrected chi connectivity index (χ2v) is 8.25. The summed E-state index contributed by atoms with van der Waals surface area (Å²) in [4.78, 5) is 16.9. The highest BCUT2D eigenvalue weighted by Gasteiger charge is 2.40. The van der Waals surface area contributed by atoms with Crippen LogP contribution in [0, 0.1) is 12.3 Å². The van der Waals surface area contributed by atoms with Gasteiger partial charge in [0.25, 0.3) is 0 Å². The van der Waals surface area contributed by atoms with E-state index in [4.69, 9.17) is 9.47 Å². The number of piperidine rings is 2. The average molecular weight is 375 g/mol. The van der Waals surface area contributed by atoms with Crippen molar-refractivity contribution in [2.45, 2.75) is 45.6 Å². The summed E-state index contributed by atoms with van der Waals surface area (Å²) in [6.07, 6.45) is 5.04. The van der Waals surface area contributed by atoms with Crippen LogP contribution < -0.4 is 4.74 Å². The van der Waals surface area contributed by atoms with Gasteiger partial charge in [0.05, 0.1) is 7.11 Å². The monoisotopic (exact) mass is 374 g/mol. The lowest BCUT2D eigenvalue weighted by Gasteiger charge is -2.47. The molecular weight excluding hydrogens is 340 g/mol. The molecule has 2 saturated heterocycles. The normalized spacial score (nSPS) is 20.3. The lowest BCUT2D eigenvalue weighted by Crippen LogP contribution is -2.51. The summed E-state index contributed by atoms with van der Waals surface area (Å²) >= 11 is 0. The Labute approximate surface area is 163 Å². The van der Waals surface area contributed by atoms with E-state index in [2.05, 4.69) is 34.9 Å². The number of carbonyl (C=O) groups excluding carboxylic acids is 1. The zero-order chi connectivity index (χ0) is 19.3. The molecule has 1 aromatic carbocycles. The average Bonchev–Trinajstić information content (AvgIpc) is 2.68. The number of hydrogen-bond donors (Lipinski definition) is 0. The van der Waals surface area contributed by atoms with Crippen LogP contribution in [0.5, 0.6) is 5.75 Å². The molecular formula is C22H34N2O3. The van der Waals surface area contributed by atoms with Crippen molar-refractivity contribution < 1.29 is 14.3 Å². The van der Waals surface area contributed by atoms with Crippen LogP contribution in [0.1, 0.15) is 43.2 Å². The molecule has 27 heavy (non-hydrogen) atoms. The third-order valence-electron chi connectivity index (χ3n) is 6.28. The van der Waals surface area contributed by atoms with Crippen LogP contribution in [-0.4, -0.2) is 62.7 Å². The van der Waals surface area contributed by atoms with E-state index < -0.39 is 0 Å². The van der Waals surface area contributed by atoms with Gasteiger partial charge < -0.3 is 14.4 Å². The van der Waals surface area contributed by atoms with Crippen molar-refractivity contribution in [1.29, 1.82) is 0 Å². The Morgan fingerprint density at radius 3 is 2.63 bits per heavy atom. The maximum atomic E-state index is 12.3. The van der Waals surface area contributed by atoms with Crippen molar-refractivity contribution >= 4 is 5.91 Å². The number of likely N-dealkylation sites (tertiary alicyclic amines) is 2. The van der Waals surface area contributed by atoms with E-state index in [1.54, 1.807) is 14.2 Å². The molecule has 0 unspecified atom stereocenters. The summed E-state index contributed by atoms with van der Waals surface area (Å²) in [5.74, 6) is 1.31. The summed E-state index contributed by atoms with van der Waals surface area (Å²) in [7, 11) is 3.47. The maximum Gasteiger partial charge on any atom is 0.222 e. The largest absolute Gasteiger partial charge is 0.496 e. The van der Waals surface area contributed by atoms with Crippen molar-refractivity contribution in [1.82, 2.24) is 9.80 Å². The molecule has 1 amide bonds. The van der Waals surface area contributed by atoms with Crippen LogP contribution in [0.3, 0.4) is 0 Å². The molecule has 0 bridgehead atoms. The fraction of sp³-hybridized carbons (Fsp3) is 0.682. The molecule has 1 aromatic rings. The van der Waals surface area contributed by atoms with Gasteiger partial charge >= 0.3 is 0 Å². The minimum absolute atomic E-state index is 0.314. The van der Waals surface area contributed by atoms with Gasteiger partial charge in [-0.25, -0.2) is 0 Å². The molecule has 150 valence electrons. The molecule has 3 rings (SSSR count). The fourth-order valence-electron chi connectivity index (χ4n) is 4.52. The lowest BCUT2D eigenvalue weighted by molar-refractivity contribution is -0.139. The molecule has 0 saturated carbocycles. The van der Waals surface area contributed by atoms with Crippen LogP contribution >= 0.6 is 0 Å². The van der Waals surface area contributed by atoms with Crippen molar-refractivity contribution in [3.8, 4) is 5.75 Å². The molecule has 0 aliphatic carbocycles. The molecule has 2 fully saturated rings. The van der Waals surface area contributed by atoms with Gasteiger partial charge in [-0.05, 0) is 62.7 Å². The highest BCUT2D eigenvalue weighted by Crippen LogP contribution is 2.40. The van der Waals surface area contributed by atoms with Crippen LogP contribution in [-0.2, 0) is 16.1 Å². The number of nitrogens with zero attached hydrogens (tertiary/aromatic N) is 2. The van der Waals surface area contributed by atoms with Gasteiger partial charge in [-0.15, -0.1) is 0 Å². The van der Waals surface area contributed by atoms with Gasteiger partial charge in [-0.3, -0.25) is 9.69 Å². The van der Waals surface area contributed by atoms with E-state index in [1.165, 1.54) is 24.0 Å². The molecule has 0 atom stereocenters. The first kappa shape index (κ1) is 20.2. The minimum Gasteiger partial charge on any atom is -0.496 e. The smallest absolute Gasteiger partial charge is 0.222 e. The third-order valence-corrected chi connectivity index (χ3v) is 6.28. The Hall–Kier alpha value is -1.59. The number of methoxy groups -OCH3 is 2. The van der Waals surface area contributed by atoms with E-state index in [-0.39, 0.29) is 0 Å². The highest BCUT2D eigenvalue weighted by atomic mass is 16.5. The number of hydrogen-bond acceptors (Lipinski definition) is 4. The van der Waals surface area contributed by atoms with Crippen molar-refractivity contribution in [2.75, 3.05) is 47.0 Å². The maximum absolute atomic E-state index is 12.3. The molecule has 1 spiro atoms. The van der Waals surface area contributed by atoms with Gasteiger partial charge in [0.1, 0.15) is 5.75 Å². The molecule has 2 aliphatic rings. The van der Waals surface area contributed by atoms with Crippen molar-refractivity contribution in [3.05, 3.63) is 29.3 Å². The summed E-state index contributed by atoms with van der Waals surface area (Å²) in [5.41, 5.74) is 2.81. The number of carbonyl (C=O) groups is 1. The first-order chi connectivity index (χ1) is 13.0. The summed E-state index contributed by atoms with van der Waals surface area (Å²) in [5, 5.41) is 0. The third kappa shape index (κ3) is 5.02. The Kier molecular flexibility index (Phi) is 6.77. The quantitative estimate of drug-likeness (QED) is 0.687. The van der Waals surface area contributed by atoms with Crippen LogP contribution in [0.25, 0.3) is 0 Å². The first-order valence-corrected chi connectivity index (χ1v) is 10.2. The Morgan fingerprint density at radius 1 is 1.15 bits per heavy atom. The van der Waals surface area contributed by atoms with Gasteiger partial charge in [-0.1, -0.05) is 12.1 Å². The number of amides is 1. The van der Waals surface area contributed by atoms with Gasteiger partial charge in [-0.2, -0.15) is 0 Å². The zero-order valence-corrected chi connectivity index (χ0v) is 17.1. The molecule has 2 heterocycles. The standard InChI is InChI=1S/C22H34N2O3/c1-18-5-6-19(20(15-18)27-3)16-23-12-9-22(10-13-23)8-7-21(25)24(17-22)11-4-14-26-2/h5-6,15H,4,7-14,16-17H2,1-3H3. The first-order valence-electron chi connectivity index (χ1n) is 10.2. The summed E-state index contributed by atoms with van der Waals surface area (Å²) in [6, 6.07) is 6.47. The molecule has 2 aliphatic heterocycles. The van der Waals surface area contributed by atoms with E-state index in [0.717, 1.165) is 57.9 Å². The van der Waals surface area contributed by atoms with Crippen LogP contribution in [0.4, 0.5) is 0 Å². The number of aryl methyl sites for hydroxylation is 1. The number of ether oxygens (including phenoxy) is 2. The Bertz CT molecular complexity index is 638. The van der Waals surface area contributed by atoms with E-state index in [1.807, 2.05) is 0 Å². The number of benzene rings is 1. The van der Waals surface area contributed by atoms with E-state index >= 15 is 0 Å². The zero-order valence-electron chi connectivity index (χ0n) is 17.1. The Morgan fingerprint density at radius 2 is 1.93 bits per heavy atom. The lowest BCUT2D eigenvalue weighted by atomic mass is 9.72. The van der Waals surface area contributed by atoms with Crippen molar-refractivity contribution in [3.63, 3.8) is 0 Å². The second kappa shape index (κ2) is 9.07. The van der Waals surface area contributed by atoms with Gasteiger partial charge in [0, 0.05) is 45.3 Å². The minimum atomic E-state index is 0.314. The van der Waals surface area contributed by atoms with Gasteiger partial charge in [0.2, 0.25) is 5.91 Å². The summed E-state index contributed by atoms with van der Waals surface area (Å²) < 4.78 is 10.7. The second-order valence-electron chi connectivity index (χ2n) is 8.25. The van der Waals surface area contributed by atoms with Crippen molar-refractivity contribution in [2.24, 2.45) is 5.41 Å². The van der Waals surface area contributed by atoms with E-state index in [0.29, 0.717) is 17.7 Å².